The van der Waals surface area contributed by atoms with E-state index in [4.69, 9.17) is 9.47 Å². The molecule has 1 N–H and O–H groups in total. The lowest BCUT2D eigenvalue weighted by Gasteiger charge is -2.24. The van der Waals surface area contributed by atoms with E-state index in [2.05, 4.69) is 5.32 Å². The predicted molar refractivity (Wildman–Crippen MR) is 135 cm³/mol. The van der Waals surface area contributed by atoms with Gasteiger partial charge in [0.1, 0.15) is 30.5 Å². The number of sulfonamides is 1. The second kappa shape index (κ2) is 12.5. The summed E-state index contributed by atoms with van der Waals surface area (Å²) in [4.78, 5) is 13.7. The van der Waals surface area contributed by atoms with E-state index in [9.17, 15) is 17.6 Å². The molecule has 10 heteroatoms. The van der Waals surface area contributed by atoms with E-state index in [1.54, 1.807) is 36.4 Å². The maximum atomic E-state index is 13.5. The van der Waals surface area contributed by atoms with Crippen LogP contribution in [0, 0.1) is 5.82 Å². The molecule has 3 aromatic carbocycles. The van der Waals surface area contributed by atoms with Crippen LogP contribution >= 0.6 is 11.8 Å². The smallest absolute Gasteiger partial charge is 0.264 e. The van der Waals surface area contributed by atoms with Crippen LogP contribution in [-0.4, -0.2) is 46.9 Å². The molecule has 0 heterocycles. The van der Waals surface area contributed by atoms with Crippen molar-refractivity contribution in [2.75, 3.05) is 36.9 Å². The summed E-state index contributed by atoms with van der Waals surface area (Å²) < 4.78 is 51.9. The largest absolute Gasteiger partial charge is 0.494 e. The van der Waals surface area contributed by atoms with Crippen molar-refractivity contribution in [1.82, 2.24) is 5.32 Å². The van der Waals surface area contributed by atoms with Gasteiger partial charge in [-0.05, 0) is 86.0 Å². The van der Waals surface area contributed by atoms with E-state index in [1.807, 2.05) is 13.2 Å². The van der Waals surface area contributed by atoms with Gasteiger partial charge >= 0.3 is 0 Å². The molecule has 186 valence electrons. The number of rotatable bonds is 12. The molecule has 1 amide bonds. The summed E-state index contributed by atoms with van der Waals surface area (Å²) in [5.74, 6) is 0.198. The zero-order valence-electron chi connectivity index (χ0n) is 19.4. The summed E-state index contributed by atoms with van der Waals surface area (Å²) in [5, 5.41) is 2.67. The van der Waals surface area contributed by atoms with Crippen LogP contribution < -0.4 is 19.1 Å². The molecule has 0 aliphatic carbocycles. The van der Waals surface area contributed by atoms with Crippen molar-refractivity contribution in [3.05, 3.63) is 78.6 Å². The van der Waals surface area contributed by atoms with Crippen LogP contribution in [0.15, 0.2) is 82.6 Å². The van der Waals surface area contributed by atoms with Gasteiger partial charge in [0.15, 0.2) is 0 Å². The maximum Gasteiger partial charge on any atom is 0.264 e. The number of nitrogens with zero attached hydrogens (tertiary/aromatic N) is 1. The van der Waals surface area contributed by atoms with Crippen molar-refractivity contribution in [1.29, 1.82) is 0 Å². The zero-order chi connectivity index (χ0) is 25.3. The summed E-state index contributed by atoms with van der Waals surface area (Å²) in [6.45, 7) is 2.20. The van der Waals surface area contributed by atoms with E-state index in [-0.39, 0.29) is 23.9 Å². The van der Waals surface area contributed by atoms with Crippen LogP contribution in [-0.2, 0) is 14.8 Å². The maximum absolute atomic E-state index is 13.5. The fourth-order valence-electron chi connectivity index (χ4n) is 3.14. The Morgan fingerprint density at radius 1 is 0.943 bits per heavy atom. The number of hydrogen-bond acceptors (Lipinski definition) is 6. The summed E-state index contributed by atoms with van der Waals surface area (Å²) in [6.07, 6.45) is 1.90. The van der Waals surface area contributed by atoms with Crippen molar-refractivity contribution in [3.63, 3.8) is 0 Å². The molecule has 0 atom stereocenters. The van der Waals surface area contributed by atoms with Gasteiger partial charge in [0.25, 0.3) is 10.0 Å². The van der Waals surface area contributed by atoms with Gasteiger partial charge < -0.3 is 14.8 Å². The molecular formula is C25H27FN2O5S2. The highest BCUT2D eigenvalue weighted by Gasteiger charge is 2.27. The van der Waals surface area contributed by atoms with E-state index in [1.165, 1.54) is 48.2 Å². The first kappa shape index (κ1) is 26.4. The highest BCUT2D eigenvalue weighted by atomic mass is 32.2. The van der Waals surface area contributed by atoms with Gasteiger partial charge in [-0.3, -0.25) is 9.10 Å². The molecule has 0 saturated heterocycles. The molecule has 35 heavy (non-hydrogen) atoms. The third-order valence-corrected chi connectivity index (χ3v) is 7.41. The van der Waals surface area contributed by atoms with Gasteiger partial charge in [0.2, 0.25) is 5.91 Å². The average molecular weight is 519 g/mol. The molecule has 0 aliphatic rings. The number of thioether (sulfide) groups is 1. The molecule has 0 aliphatic heterocycles. The Kier molecular flexibility index (Phi) is 9.39. The van der Waals surface area contributed by atoms with E-state index < -0.39 is 22.5 Å². The molecule has 3 aromatic rings. The third kappa shape index (κ3) is 7.37. The molecule has 0 spiro atoms. The van der Waals surface area contributed by atoms with Crippen LogP contribution in [0.1, 0.15) is 6.92 Å². The second-order valence-electron chi connectivity index (χ2n) is 7.27. The normalized spacial score (nSPS) is 11.1. The van der Waals surface area contributed by atoms with Crippen molar-refractivity contribution < 1.29 is 27.1 Å². The molecular weight excluding hydrogens is 491 g/mol. The molecule has 3 rings (SSSR count). The molecule has 0 unspecified atom stereocenters. The van der Waals surface area contributed by atoms with Crippen LogP contribution in [0.5, 0.6) is 11.5 Å². The highest BCUT2D eigenvalue weighted by Crippen LogP contribution is 2.27. The fraction of sp³-hybridized carbons (Fsp3) is 0.240. The molecule has 0 bridgehead atoms. The molecule has 0 aromatic heterocycles. The lowest BCUT2D eigenvalue weighted by atomic mass is 10.3. The highest BCUT2D eigenvalue weighted by molar-refractivity contribution is 7.98. The van der Waals surface area contributed by atoms with Gasteiger partial charge in [0, 0.05) is 4.90 Å². The first-order chi connectivity index (χ1) is 16.8. The lowest BCUT2D eigenvalue weighted by molar-refractivity contribution is -0.119. The van der Waals surface area contributed by atoms with Crippen molar-refractivity contribution in [2.45, 2.75) is 16.7 Å². The quantitative estimate of drug-likeness (QED) is 0.284. The van der Waals surface area contributed by atoms with Gasteiger partial charge in [-0.2, -0.15) is 0 Å². The Bertz CT molecular complexity index is 1200. The first-order valence-electron chi connectivity index (χ1n) is 10.9. The van der Waals surface area contributed by atoms with E-state index >= 15 is 0 Å². The number of hydrogen-bond donors (Lipinski definition) is 1. The summed E-state index contributed by atoms with van der Waals surface area (Å²) >= 11 is 1.50. The minimum Gasteiger partial charge on any atom is -0.494 e. The van der Waals surface area contributed by atoms with Crippen molar-refractivity contribution >= 4 is 33.4 Å². The number of carbonyl (C=O) groups is 1. The lowest BCUT2D eigenvalue weighted by Crippen LogP contribution is -2.41. The Labute approximate surface area is 209 Å². The average Bonchev–Trinajstić information content (AvgIpc) is 2.87. The summed E-state index contributed by atoms with van der Waals surface area (Å²) in [5.41, 5.74) is 0.333. The Morgan fingerprint density at radius 2 is 1.54 bits per heavy atom. The van der Waals surface area contributed by atoms with Crippen LogP contribution in [0.25, 0.3) is 0 Å². The molecule has 0 radical (unpaired) electrons. The summed E-state index contributed by atoms with van der Waals surface area (Å²) in [7, 11) is -4.02. The van der Waals surface area contributed by atoms with Crippen LogP contribution in [0.4, 0.5) is 10.1 Å². The van der Waals surface area contributed by atoms with Gasteiger partial charge in [-0.25, -0.2) is 12.8 Å². The van der Waals surface area contributed by atoms with Crippen LogP contribution in [0.2, 0.25) is 0 Å². The molecule has 0 saturated carbocycles. The number of halogens is 1. The van der Waals surface area contributed by atoms with E-state index in [0.29, 0.717) is 23.8 Å². The third-order valence-electron chi connectivity index (χ3n) is 4.88. The van der Waals surface area contributed by atoms with Gasteiger partial charge in [0.05, 0.1) is 23.7 Å². The first-order valence-corrected chi connectivity index (χ1v) is 13.5. The minimum atomic E-state index is -4.02. The van der Waals surface area contributed by atoms with E-state index in [0.717, 1.165) is 9.20 Å². The van der Waals surface area contributed by atoms with Crippen LogP contribution in [0.3, 0.4) is 0 Å². The fourth-order valence-corrected chi connectivity index (χ4v) is 4.97. The molecule has 7 nitrogen and oxygen atoms in total. The Hall–Kier alpha value is -3.24. The van der Waals surface area contributed by atoms with Crippen molar-refractivity contribution in [3.8, 4) is 11.5 Å². The summed E-state index contributed by atoms with van der Waals surface area (Å²) in [6, 6.07) is 18.5. The SMILES string of the molecule is CCOc1ccc(N(CC(=O)NCCOc2ccc(F)cc2)S(=O)(=O)c2ccc(SC)cc2)cc1. The topological polar surface area (TPSA) is 84.9 Å². The predicted octanol–water partition coefficient (Wildman–Crippen LogP) is 4.34. The number of nitrogens with one attached hydrogen (secondary N) is 1. The number of benzene rings is 3. The molecule has 0 fully saturated rings. The Balaban J connectivity index is 1.73. The Morgan fingerprint density at radius 3 is 2.14 bits per heavy atom. The standard InChI is InChI=1S/C25H27FN2O5S2/c1-3-32-21-10-6-20(7-11-21)28(35(30,31)24-14-12-23(34-2)13-15-24)18-25(29)27-16-17-33-22-8-4-19(26)5-9-22/h4-15H,3,16-18H2,1-2H3,(H,27,29). The number of amides is 1. The van der Waals surface area contributed by atoms with Gasteiger partial charge in [-0.15, -0.1) is 11.8 Å². The number of anilines is 1. The minimum absolute atomic E-state index is 0.0802. The van der Waals surface area contributed by atoms with Gasteiger partial charge in [-0.1, -0.05) is 0 Å². The number of ether oxygens (including phenoxy) is 2. The second-order valence-corrected chi connectivity index (χ2v) is 10.0. The zero-order valence-corrected chi connectivity index (χ0v) is 21.1. The van der Waals surface area contributed by atoms with Crippen molar-refractivity contribution in [2.24, 2.45) is 0 Å². The monoisotopic (exact) mass is 518 g/mol. The number of carbonyl (C=O) groups excluding carboxylic acids is 1.